The smallest absolute Gasteiger partial charge is 0.194 e. The van der Waals surface area contributed by atoms with Crippen molar-refractivity contribution >= 4 is 5.78 Å². The van der Waals surface area contributed by atoms with E-state index >= 15 is 0 Å². The molecule has 2 aromatic carbocycles. The molecule has 0 N–H and O–H groups in total. The molecule has 0 aromatic heterocycles. The minimum Gasteiger partial charge on any atom is -0.289 e. The first-order chi connectivity index (χ1) is 8.49. The summed E-state index contributed by atoms with van der Waals surface area (Å²) in [6, 6.07) is 5.80. The van der Waals surface area contributed by atoms with Crippen molar-refractivity contribution in [1.82, 2.24) is 0 Å². The van der Waals surface area contributed by atoms with E-state index in [1.54, 1.807) is 0 Å². The molecule has 0 saturated heterocycles. The molecule has 5 heteroatoms. The maximum atomic E-state index is 13.0. The minimum absolute atomic E-state index is 0.0691. The Kier molecular flexibility index (Phi) is 3.14. The van der Waals surface area contributed by atoms with E-state index in [9.17, 15) is 22.4 Å². The van der Waals surface area contributed by atoms with Crippen molar-refractivity contribution in [3.63, 3.8) is 0 Å². The topological polar surface area (TPSA) is 17.1 Å². The fourth-order valence-electron chi connectivity index (χ4n) is 1.48. The Hall–Kier alpha value is -2.17. The van der Waals surface area contributed by atoms with Gasteiger partial charge in [0.15, 0.2) is 23.2 Å². The summed E-state index contributed by atoms with van der Waals surface area (Å²) in [7, 11) is 0. The molecule has 0 spiro atoms. The van der Waals surface area contributed by atoms with Crippen LogP contribution < -0.4 is 0 Å². The van der Waals surface area contributed by atoms with Crippen LogP contribution in [0.2, 0.25) is 0 Å². The number of ketones is 1. The van der Waals surface area contributed by atoms with Gasteiger partial charge in [0.05, 0.1) is 0 Å². The van der Waals surface area contributed by atoms with Gasteiger partial charge in [0, 0.05) is 11.1 Å². The number of halogens is 4. The third-order valence-corrected chi connectivity index (χ3v) is 2.33. The summed E-state index contributed by atoms with van der Waals surface area (Å²) in [6.07, 6.45) is 0. The number of carbonyl (C=O) groups excluding carboxylic acids is 1. The Morgan fingerprint density at radius 3 is 2.00 bits per heavy atom. The fraction of sp³-hybridized carbons (Fsp3) is 0. The Bertz CT molecular complexity index is 599. The Labute approximate surface area is 99.7 Å². The zero-order chi connectivity index (χ0) is 13.3. The third kappa shape index (κ3) is 2.25. The normalized spacial score (nSPS) is 10.4. The molecule has 0 aliphatic carbocycles. The number of carbonyl (C=O) groups is 1. The van der Waals surface area contributed by atoms with Gasteiger partial charge in [-0.2, -0.15) is 0 Å². The van der Waals surface area contributed by atoms with Gasteiger partial charge in [0.1, 0.15) is 5.82 Å². The van der Waals surface area contributed by atoms with Gasteiger partial charge in [-0.25, -0.2) is 17.6 Å². The summed E-state index contributed by atoms with van der Waals surface area (Å²) in [5.74, 6) is -6.01. The van der Waals surface area contributed by atoms with Crippen LogP contribution in [0.15, 0.2) is 36.4 Å². The highest BCUT2D eigenvalue weighted by atomic mass is 19.2. The first-order valence-corrected chi connectivity index (χ1v) is 4.94. The summed E-state index contributed by atoms with van der Waals surface area (Å²) in [5.41, 5.74) is -0.447. The highest BCUT2D eigenvalue weighted by Gasteiger charge is 2.16. The van der Waals surface area contributed by atoms with Crippen LogP contribution in [0.5, 0.6) is 0 Å². The van der Waals surface area contributed by atoms with Gasteiger partial charge in [-0.1, -0.05) is 12.1 Å². The fourth-order valence-corrected chi connectivity index (χ4v) is 1.48. The highest BCUT2D eigenvalue weighted by molar-refractivity contribution is 6.08. The van der Waals surface area contributed by atoms with E-state index < -0.39 is 29.1 Å². The lowest BCUT2D eigenvalue weighted by molar-refractivity contribution is 0.103. The third-order valence-electron chi connectivity index (χ3n) is 2.33. The first-order valence-electron chi connectivity index (χ1n) is 4.94. The van der Waals surface area contributed by atoms with Gasteiger partial charge in [0.2, 0.25) is 0 Å². The second-order valence-electron chi connectivity index (χ2n) is 3.59. The van der Waals surface area contributed by atoms with E-state index in [0.717, 1.165) is 12.1 Å². The SMILES string of the molecule is O=C(c1cccc(F)c1)c1cc(F)c(F)c(F)c1. The molecule has 18 heavy (non-hydrogen) atoms. The highest BCUT2D eigenvalue weighted by Crippen LogP contribution is 2.17. The average Bonchev–Trinajstić information content (AvgIpc) is 2.34. The lowest BCUT2D eigenvalue weighted by Gasteiger charge is -2.03. The molecule has 0 aliphatic heterocycles. The lowest BCUT2D eigenvalue weighted by atomic mass is 10.0. The molecule has 0 saturated carbocycles. The predicted octanol–water partition coefficient (Wildman–Crippen LogP) is 3.47. The molecule has 92 valence electrons. The number of benzene rings is 2. The van der Waals surface area contributed by atoms with E-state index in [0.29, 0.717) is 12.1 Å². The molecule has 0 aliphatic rings. The van der Waals surface area contributed by atoms with Gasteiger partial charge < -0.3 is 0 Å². The molecule has 1 nitrogen and oxygen atoms in total. The molecule has 2 aromatic rings. The first kappa shape index (κ1) is 12.3. The van der Waals surface area contributed by atoms with Crippen molar-refractivity contribution in [3.8, 4) is 0 Å². The van der Waals surface area contributed by atoms with E-state index in [1.165, 1.54) is 12.1 Å². The summed E-state index contributed by atoms with van der Waals surface area (Å²) < 4.78 is 51.5. The Balaban J connectivity index is 2.47. The van der Waals surface area contributed by atoms with Crippen LogP contribution in [0.3, 0.4) is 0 Å². The van der Waals surface area contributed by atoms with Crippen molar-refractivity contribution in [3.05, 3.63) is 70.8 Å². The monoisotopic (exact) mass is 254 g/mol. The van der Waals surface area contributed by atoms with Gasteiger partial charge in [-0.05, 0) is 24.3 Å². The van der Waals surface area contributed by atoms with Crippen LogP contribution in [0.4, 0.5) is 17.6 Å². The van der Waals surface area contributed by atoms with Crippen LogP contribution in [-0.2, 0) is 0 Å². The van der Waals surface area contributed by atoms with Gasteiger partial charge in [0.25, 0.3) is 0 Å². The summed E-state index contributed by atoms with van der Waals surface area (Å²) >= 11 is 0. The van der Waals surface area contributed by atoms with E-state index in [-0.39, 0.29) is 11.1 Å². The van der Waals surface area contributed by atoms with Crippen LogP contribution in [0, 0.1) is 23.3 Å². The second-order valence-corrected chi connectivity index (χ2v) is 3.59. The van der Waals surface area contributed by atoms with Crippen molar-refractivity contribution in [2.24, 2.45) is 0 Å². The Morgan fingerprint density at radius 1 is 0.833 bits per heavy atom. The summed E-state index contributed by atoms with van der Waals surface area (Å²) in [5, 5.41) is 0. The van der Waals surface area contributed by atoms with Crippen LogP contribution in [0.25, 0.3) is 0 Å². The van der Waals surface area contributed by atoms with Crippen LogP contribution in [-0.4, -0.2) is 5.78 Å². The molecule has 0 atom stereocenters. The zero-order valence-electron chi connectivity index (χ0n) is 8.88. The average molecular weight is 254 g/mol. The van der Waals surface area contributed by atoms with Crippen molar-refractivity contribution < 1.29 is 22.4 Å². The second kappa shape index (κ2) is 4.60. The van der Waals surface area contributed by atoms with Crippen molar-refractivity contribution in [2.75, 3.05) is 0 Å². The molecule has 2 rings (SSSR count). The van der Waals surface area contributed by atoms with Gasteiger partial charge >= 0.3 is 0 Å². The molecule has 0 radical (unpaired) electrons. The summed E-state index contributed by atoms with van der Waals surface area (Å²) in [6.45, 7) is 0. The summed E-state index contributed by atoms with van der Waals surface area (Å²) in [4.78, 5) is 11.8. The standard InChI is InChI=1S/C13H6F4O/c14-9-3-1-2-7(4-9)13(18)8-5-10(15)12(17)11(16)6-8/h1-6H. The number of rotatable bonds is 2. The van der Waals surface area contributed by atoms with Gasteiger partial charge in [-0.15, -0.1) is 0 Å². The van der Waals surface area contributed by atoms with Crippen molar-refractivity contribution in [1.29, 1.82) is 0 Å². The molecule has 0 heterocycles. The predicted molar refractivity (Wildman–Crippen MR) is 56.1 cm³/mol. The largest absolute Gasteiger partial charge is 0.289 e. The van der Waals surface area contributed by atoms with E-state index in [2.05, 4.69) is 0 Å². The van der Waals surface area contributed by atoms with E-state index in [1.807, 2.05) is 0 Å². The minimum atomic E-state index is -1.65. The molecular weight excluding hydrogens is 248 g/mol. The molecule has 0 fully saturated rings. The zero-order valence-corrected chi connectivity index (χ0v) is 8.88. The van der Waals surface area contributed by atoms with Crippen LogP contribution >= 0.6 is 0 Å². The quantitative estimate of drug-likeness (QED) is 0.455. The number of hydrogen-bond donors (Lipinski definition) is 0. The Morgan fingerprint density at radius 2 is 1.44 bits per heavy atom. The van der Waals surface area contributed by atoms with Crippen LogP contribution in [0.1, 0.15) is 15.9 Å². The lowest BCUT2D eigenvalue weighted by Crippen LogP contribution is -2.04. The van der Waals surface area contributed by atoms with Crippen molar-refractivity contribution in [2.45, 2.75) is 0 Å². The van der Waals surface area contributed by atoms with E-state index in [4.69, 9.17) is 0 Å². The molecule has 0 amide bonds. The molecule has 0 unspecified atom stereocenters. The number of hydrogen-bond acceptors (Lipinski definition) is 1. The molecule has 0 bridgehead atoms. The molecular formula is C13H6F4O. The van der Waals surface area contributed by atoms with Gasteiger partial charge in [-0.3, -0.25) is 4.79 Å². The maximum Gasteiger partial charge on any atom is 0.194 e. The maximum absolute atomic E-state index is 13.0.